The summed E-state index contributed by atoms with van der Waals surface area (Å²) < 4.78 is 46.5. The number of carbonyl (C=O) groups excluding carboxylic acids is 6. The number of carboxylic acids is 1. The summed E-state index contributed by atoms with van der Waals surface area (Å²) in [5, 5.41) is 14.6. The number of esters is 3. The summed E-state index contributed by atoms with van der Waals surface area (Å²) >= 11 is 2.47. The first kappa shape index (κ1) is 75.7. The van der Waals surface area contributed by atoms with Crippen molar-refractivity contribution in [1.29, 1.82) is 0 Å². The van der Waals surface area contributed by atoms with Crippen molar-refractivity contribution in [3.8, 4) is 11.5 Å². The van der Waals surface area contributed by atoms with Gasteiger partial charge in [-0.15, -0.1) is 22.7 Å². The second-order valence-corrected chi connectivity index (χ2v) is 41.8. The molecule has 4 heterocycles. The van der Waals surface area contributed by atoms with Crippen LogP contribution in [0, 0.1) is 23.7 Å². The number of likely N-dealkylation sites (tertiary alicyclic amines) is 2. The molecule has 2 fully saturated rings. The number of hydrogen-bond acceptors (Lipinski definition) is 19. The van der Waals surface area contributed by atoms with E-state index >= 15 is 0 Å². The Morgan fingerprint density at radius 2 is 0.912 bits per heavy atom. The molecule has 2 saturated heterocycles. The Morgan fingerprint density at radius 1 is 0.549 bits per heavy atom. The predicted octanol–water partition coefficient (Wildman–Crippen LogP) is 14.0. The number of benzene rings is 2. The van der Waals surface area contributed by atoms with Crippen molar-refractivity contribution in [3.63, 3.8) is 0 Å². The van der Waals surface area contributed by atoms with Crippen LogP contribution in [0.4, 0.5) is 4.79 Å². The van der Waals surface area contributed by atoms with Gasteiger partial charge in [0.15, 0.2) is 16.6 Å². The molecule has 0 bridgehead atoms. The first-order chi connectivity index (χ1) is 41.6. The number of thiazole rings is 2. The van der Waals surface area contributed by atoms with E-state index in [9.17, 15) is 38.7 Å². The molecule has 0 saturated carbocycles. The Balaban J connectivity index is 0.000000333. The van der Waals surface area contributed by atoms with E-state index in [4.69, 9.17) is 37.3 Å². The molecule has 1 N–H and O–H groups in total. The van der Waals surface area contributed by atoms with Crippen LogP contribution in [0.15, 0.2) is 59.6 Å². The van der Waals surface area contributed by atoms with Crippen LogP contribution in [-0.4, -0.2) is 141 Å². The smallest absolute Gasteiger partial charge is 0.496 e. The molecule has 24 heteroatoms. The molecule has 0 spiro atoms. The number of methoxy groups -OCH3 is 2. The van der Waals surface area contributed by atoms with Crippen LogP contribution in [0.1, 0.15) is 185 Å². The molecule has 20 nitrogen and oxygen atoms in total. The van der Waals surface area contributed by atoms with Gasteiger partial charge >= 0.3 is 30.0 Å². The fraction of sp³-hybridized carbons (Fsp3) is 0.627. The molecule has 2 aliphatic rings. The maximum Gasteiger partial charge on any atom is 0.516 e. The lowest BCUT2D eigenvalue weighted by atomic mass is 9.85. The summed E-state index contributed by atoms with van der Waals surface area (Å²) in [6.07, 6.45) is 1.95. The molecule has 2 amide bonds. The van der Waals surface area contributed by atoms with Crippen LogP contribution in [0.5, 0.6) is 11.5 Å². The summed E-state index contributed by atoms with van der Waals surface area (Å²) in [5.41, 5.74) is -0.00750. The number of amides is 2. The van der Waals surface area contributed by atoms with Crippen LogP contribution in [0.25, 0.3) is 0 Å². The predicted molar refractivity (Wildman–Crippen MR) is 356 cm³/mol. The van der Waals surface area contributed by atoms with Crippen LogP contribution in [0.3, 0.4) is 0 Å². The van der Waals surface area contributed by atoms with E-state index in [1.807, 2.05) is 53.7 Å². The van der Waals surface area contributed by atoms with Crippen molar-refractivity contribution < 1.29 is 75.9 Å². The summed E-state index contributed by atoms with van der Waals surface area (Å²) in [6.45, 7) is 44.9. The minimum atomic E-state index is -2.46. The Hall–Kier alpha value is -6.06. The largest absolute Gasteiger partial charge is 0.516 e. The van der Waals surface area contributed by atoms with E-state index in [1.165, 1.54) is 39.6 Å². The number of carbonyl (C=O) groups is 7. The fourth-order valence-electron chi connectivity index (χ4n) is 10.6. The molecule has 2 aromatic carbocycles. The van der Waals surface area contributed by atoms with Crippen molar-refractivity contribution in [2.45, 2.75) is 214 Å². The van der Waals surface area contributed by atoms with Gasteiger partial charge < -0.3 is 52.2 Å². The zero-order valence-corrected chi connectivity index (χ0v) is 61.8. The number of carboxylic acid groups (broad SMARTS) is 1. The third-order valence-electron chi connectivity index (χ3n) is 17.2. The van der Waals surface area contributed by atoms with Gasteiger partial charge in [0.1, 0.15) is 44.8 Å². The maximum atomic E-state index is 14.8. The second kappa shape index (κ2) is 28.7. The Morgan fingerprint density at radius 3 is 1.21 bits per heavy atom. The number of ether oxygens (including phenoxy) is 6. The van der Waals surface area contributed by atoms with E-state index in [1.54, 1.807) is 103 Å². The van der Waals surface area contributed by atoms with Crippen molar-refractivity contribution in [2.75, 3.05) is 34.0 Å². The Labute approximate surface area is 549 Å². The summed E-state index contributed by atoms with van der Waals surface area (Å²) in [5.74, 6) is -7.73. The molecule has 0 unspecified atom stereocenters. The highest BCUT2D eigenvalue weighted by Crippen LogP contribution is 2.52. The number of aromatic nitrogens is 2. The number of hydrogen-bond donors (Lipinski definition) is 1. The first-order valence-electron chi connectivity index (χ1n) is 30.8. The van der Waals surface area contributed by atoms with Gasteiger partial charge in [-0.05, 0) is 131 Å². The molecule has 2 aromatic heterocycles. The summed E-state index contributed by atoms with van der Waals surface area (Å²) in [6, 6.07) is 5.71. The van der Waals surface area contributed by atoms with Gasteiger partial charge in [-0.3, -0.25) is 19.2 Å². The summed E-state index contributed by atoms with van der Waals surface area (Å²) in [4.78, 5) is 109. The third-order valence-corrected chi connectivity index (χ3v) is 27.9. The van der Waals surface area contributed by atoms with Crippen molar-refractivity contribution in [3.05, 3.63) is 91.8 Å². The van der Waals surface area contributed by atoms with Crippen molar-refractivity contribution in [1.82, 2.24) is 19.8 Å². The SMILES string of the molecule is CCOC(=O)OC(=O)[C@H]1[C@H](CO[Si](C)(C)C(C)(C)C)[C@@H](C(=O)OC(C)(C)C)N(C(=O)c2ccc(C(C)(C)C)c(OC)c2)[C@H]1c1nccs1.COc1cc(C(=O)N2[C@H](C(=O)OC(C)(C)C)[C@@H](CO[Si](C)(C)C(C)(C)C)[C@H](C(=O)O)[C@@H]2c2nccs2)ccc1C(C)(C)C. The zero-order valence-electron chi connectivity index (χ0n) is 58.2. The maximum absolute atomic E-state index is 14.8. The Bertz CT molecular complexity index is 3220. The van der Waals surface area contributed by atoms with Gasteiger partial charge in [0.05, 0.1) is 44.7 Å². The van der Waals surface area contributed by atoms with E-state index in [-0.39, 0.29) is 51.9 Å². The van der Waals surface area contributed by atoms with Crippen LogP contribution < -0.4 is 9.47 Å². The normalized spacial score (nSPS) is 20.9. The molecule has 8 atom stereocenters. The van der Waals surface area contributed by atoms with Gasteiger partial charge in [-0.25, -0.2) is 24.4 Å². The minimum Gasteiger partial charge on any atom is -0.496 e. The van der Waals surface area contributed by atoms with Crippen LogP contribution in [0.2, 0.25) is 36.3 Å². The van der Waals surface area contributed by atoms with Gasteiger partial charge in [0, 0.05) is 59.3 Å². The molecule has 0 aliphatic carbocycles. The lowest BCUT2D eigenvalue weighted by Gasteiger charge is -2.38. The standard InChI is InChI=1S/C35H52N2O9SSi.C32H48N2O7SSi/c1-14-43-32(41)45-30(39)25-22(20-44-48(12,13)35(8,9)10)26(31(40)46-34(5,6)7)37(27(25)28-36-17-18-47-28)29(38)21-15-16-23(33(2,3)4)24(19-21)42-11;1-30(2,3)21-14-13-19(17-22(21)39-10)27(35)34-24(29(38)41-31(4,5)6)20(18-40-43(11,12)32(7,8)9)23(28(36)37)25(34)26-33-15-16-42-26/h15-19,22,25-27H,14,20H2,1-13H3;13-17,20,23-25H,18H2,1-12H3,(H,36,37)/t22-,25-,26-,27+;20-,23-,24-,25+/m00/s1. The molecule has 0 radical (unpaired) electrons. The zero-order chi connectivity index (χ0) is 69.1. The molecule has 4 aromatic rings. The van der Waals surface area contributed by atoms with Gasteiger partial charge in [-0.1, -0.05) is 95.2 Å². The quantitative estimate of drug-likeness (QED) is 0.0447. The Kier molecular flexibility index (Phi) is 23.8. The topological polar surface area (TPSA) is 246 Å². The summed E-state index contributed by atoms with van der Waals surface area (Å²) in [7, 11) is -1.74. The average Bonchev–Trinajstić information content (AvgIpc) is 1.60. The lowest BCUT2D eigenvalue weighted by molar-refractivity contribution is -0.163. The molecular weight excluding hydrogens is 1240 g/mol. The van der Waals surface area contributed by atoms with E-state index in [0.717, 1.165) is 11.1 Å². The number of nitrogens with zero attached hydrogens (tertiary/aromatic N) is 4. The number of rotatable bonds is 17. The van der Waals surface area contributed by atoms with Gasteiger partial charge in [-0.2, -0.15) is 0 Å². The highest BCUT2D eigenvalue weighted by molar-refractivity contribution is 7.09. The molecule has 504 valence electrons. The van der Waals surface area contributed by atoms with E-state index in [0.29, 0.717) is 21.5 Å². The molecular formula is C67H100N4O16S2Si2. The van der Waals surface area contributed by atoms with Crippen LogP contribution in [-0.2, 0) is 57.8 Å². The monoisotopic (exact) mass is 1340 g/mol. The van der Waals surface area contributed by atoms with Crippen LogP contribution >= 0.6 is 22.7 Å². The molecule has 2 aliphatic heterocycles. The van der Waals surface area contributed by atoms with E-state index < -0.39 is 118 Å². The highest BCUT2D eigenvalue weighted by Gasteiger charge is 2.62. The third kappa shape index (κ3) is 18.0. The number of aliphatic carboxylic acids is 1. The first-order valence-corrected chi connectivity index (χ1v) is 38.4. The van der Waals surface area contributed by atoms with Crippen molar-refractivity contribution >= 4 is 81.2 Å². The van der Waals surface area contributed by atoms with Crippen molar-refractivity contribution in [2.24, 2.45) is 23.7 Å². The second-order valence-electron chi connectivity index (χ2n) is 30.3. The van der Waals surface area contributed by atoms with Gasteiger partial charge in [0.2, 0.25) is 0 Å². The molecule has 6 rings (SSSR count). The fourth-order valence-corrected chi connectivity index (χ4v) is 14.3. The van der Waals surface area contributed by atoms with Gasteiger partial charge in [0.25, 0.3) is 11.8 Å². The highest BCUT2D eigenvalue weighted by atomic mass is 32.1. The minimum absolute atomic E-state index is 0.0118. The molecule has 91 heavy (non-hydrogen) atoms. The van der Waals surface area contributed by atoms with E-state index in [2.05, 4.69) is 77.7 Å². The lowest BCUT2D eigenvalue weighted by Crippen LogP contribution is -2.49. The average molecular weight is 1340 g/mol.